The quantitative estimate of drug-likeness (QED) is 0.625. The van der Waals surface area contributed by atoms with E-state index in [1.54, 1.807) is 35.2 Å². The van der Waals surface area contributed by atoms with E-state index in [2.05, 4.69) is 22.5 Å². The minimum absolute atomic E-state index is 0.0411. The Morgan fingerprint density at radius 3 is 2.36 bits per heavy atom. The molecule has 2 rings (SSSR count). The van der Waals surface area contributed by atoms with Gasteiger partial charge in [-0.05, 0) is 44.7 Å². The van der Waals surface area contributed by atoms with Crippen LogP contribution in [-0.4, -0.2) is 54.5 Å². The van der Waals surface area contributed by atoms with Gasteiger partial charge < -0.3 is 20.9 Å². The highest BCUT2D eigenvalue weighted by Crippen LogP contribution is 2.22. The molecule has 1 atom stereocenters. The Bertz CT molecular complexity index is 682. The summed E-state index contributed by atoms with van der Waals surface area (Å²) in [4.78, 5) is 39.2. The van der Waals surface area contributed by atoms with E-state index >= 15 is 0 Å². The highest BCUT2D eigenvalue weighted by Gasteiger charge is 2.33. The SMILES string of the molecule is C=CCNC(=O)[C@@H](NC(=O)c1ccccc1)C1CCN(C(=O)NC(C)C)CC1. The molecule has 0 unspecified atom stereocenters. The van der Waals surface area contributed by atoms with Crippen molar-refractivity contribution in [3.05, 3.63) is 48.6 Å². The zero-order chi connectivity index (χ0) is 20.5. The van der Waals surface area contributed by atoms with E-state index in [4.69, 9.17) is 0 Å². The molecule has 1 aromatic carbocycles. The Hall–Kier alpha value is -2.83. The molecule has 0 aromatic heterocycles. The van der Waals surface area contributed by atoms with Gasteiger partial charge in [0.2, 0.25) is 5.91 Å². The van der Waals surface area contributed by atoms with Gasteiger partial charge >= 0.3 is 6.03 Å². The third-order valence-corrected chi connectivity index (χ3v) is 4.74. The fourth-order valence-corrected chi connectivity index (χ4v) is 3.27. The second-order valence-electron chi connectivity index (χ2n) is 7.28. The smallest absolute Gasteiger partial charge is 0.317 e. The number of urea groups is 1. The number of carbonyl (C=O) groups is 3. The van der Waals surface area contributed by atoms with E-state index in [0.29, 0.717) is 38.0 Å². The molecule has 4 amide bonds. The molecule has 0 saturated carbocycles. The van der Waals surface area contributed by atoms with Crippen LogP contribution in [0.2, 0.25) is 0 Å². The lowest BCUT2D eigenvalue weighted by atomic mass is 9.88. The van der Waals surface area contributed by atoms with Crippen LogP contribution in [0.4, 0.5) is 4.79 Å². The molecular weight excluding hydrogens is 356 g/mol. The van der Waals surface area contributed by atoms with Crippen molar-refractivity contribution in [1.29, 1.82) is 0 Å². The first-order chi connectivity index (χ1) is 13.4. The van der Waals surface area contributed by atoms with Crippen LogP contribution in [0.1, 0.15) is 37.0 Å². The number of nitrogens with zero attached hydrogens (tertiary/aromatic N) is 1. The molecule has 7 nitrogen and oxygen atoms in total. The van der Waals surface area contributed by atoms with Gasteiger partial charge in [-0.1, -0.05) is 24.3 Å². The standard InChI is InChI=1S/C21H30N4O3/c1-4-12-22-20(27)18(24-19(26)17-8-6-5-7-9-17)16-10-13-25(14-11-16)21(28)23-15(2)3/h4-9,15-16,18H,1,10-14H2,2-3H3,(H,22,27)(H,23,28)(H,24,26)/t18-/m0/s1. The average molecular weight is 386 g/mol. The number of hydrogen-bond donors (Lipinski definition) is 3. The maximum absolute atomic E-state index is 12.7. The number of hydrogen-bond acceptors (Lipinski definition) is 3. The van der Waals surface area contributed by atoms with Gasteiger partial charge in [-0.2, -0.15) is 0 Å². The summed E-state index contributed by atoms with van der Waals surface area (Å²) < 4.78 is 0. The van der Waals surface area contributed by atoms with Crippen molar-refractivity contribution in [3.8, 4) is 0 Å². The van der Waals surface area contributed by atoms with Crippen LogP contribution in [0.3, 0.4) is 0 Å². The van der Waals surface area contributed by atoms with Crippen molar-refractivity contribution in [2.75, 3.05) is 19.6 Å². The predicted octanol–water partition coefficient (Wildman–Crippen LogP) is 1.92. The molecule has 1 heterocycles. The van der Waals surface area contributed by atoms with Crippen molar-refractivity contribution in [3.63, 3.8) is 0 Å². The maximum Gasteiger partial charge on any atom is 0.317 e. The first-order valence-corrected chi connectivity index (χ1v) is 9.72. The molecule has 1 aliphatic heterocycles. The molecule has 0 spiro atoms. The van der Waals surface area contributed by atoms with Gasteiger partial charge in [-0.3, -0.25) is 9.59 Å². The minimum atomic E-state index is -0.650. The Morgan fingerprint density at radius 2 is 1.79 bits per heavy atom. The normalized spacial score (nSPS) is 15.6. The highest BCUT2D eigenvalue weighted by atomic mass is 16.2. The van der Waals surface area contributed by atoms with Crippen LogP contribution in [0.15, 0.2) is 43.0 Å². The van der Waals surface area contributed by atoms with Gasteiger partial charge in [0, 0.05) is 31.2 Å². The van der Waals surface area contributed by atoms with Crippen molar-refractivity contribution < 1.29 is 14.4 Å². The molecule has 0 bridgehead atoms. The number of likely N-dealkylation sites (tertiary alicyclic amines) is 1. The molecule has 0 aliphatic carbocycles. The lowest BCUT2D eigenvalue weighted by Crippen LogP contribution is -2.54. The zero-order valence-corrected chi connectivity index (χ0v) is 16.6. The molecule has 0 radical (unpaired) electrons. The van der Waals surface area contributed by atoms with Gasteiger partial charge in [0.1, 0.15) is 6.04 Å². The predicted molar refractivity (Wildman–Crippen MR) is 109 cm³/mol. The molecule has 152 valence electrons. The van der Waals surface area contributed by atoms with E-state index in [-0.39, 0.29) is 29.8 Å². The van der Waals surface area contributed by atoms with Gasteiger partial charge in [-0.15, -0.1) is 6.58 Å². The summed E-state index contributed by atoms with van der Waals surface area (Å²) in [6, 6.07) is 8.18. The topological polar surface area (TPSA) is 90.5 Å². The number of carbonyl (C=O) groups excluding carboxylic acids is 3. The summed E-state index contributed by atoms with van der Waals surface area (Å²) in [7, 11) is 0. The van der Waals surface area contributed by atoms with Gasteiger partial charge in [0.15, 0.2) is 0 Å². The Labute approximate surface area is 166 Å². The summed E-state index contributed by atoms with van der Waals surface area (Å²) in [5.74, 6) is -0.547. The largest absolute Gasteiger partial charge is 0.351 e. The van der Waals surface area contributed by atoms with Crippen LogP contribution in [-0.2, 0) is 4.79 Å². The lowest BCUT2D eigenvalue weighted by Gasteiger charge is -2.36. The molecule has 28 heavy (non-hydrogen) atoms. The van der Waals surface area contributed by atoms with Gasteiger partial charge in [0.25, 0.3) is 5.91 Å². The van der Waals surface area contributed by atoms with Crippen molar-refractivity contribution >= 4 is 17.8 Å². The summed E-state index contributed by atoms with van der Waals surface area (Å²) in [6.07, 6.45) is 2.90. The monoisotopic (exact) mass is 386 g/mol. The number of amides is 4. The second kappa shape index (κ2) is 10.5. The maximum atomic E-state index is 12.7. The summed E-state index contributed by atoms with van der Waals surface area (Å²) >= 11 is 0. The van der Waals surface area contributed by atoms with E-state index in [9.17, 15) is 14.4 Å². The first kappa shape index (κ1) is 21.5. The summed E-state index contributed by atoms with van der Waals surface area (Å²) in [6.45, 7) is 8.90. The molecule has 1 fully saturated rings. The highest BCUT2D eigenvalue weighted by molar-refractivity contribution is 5.97. The third-order valence-electron chi connectivity index (χ3n) is 4.74. The van der Waals surface area contributed by atoms with Crippen molar-refractivity contribution in [2.45, 2.75) is 38.8 Å². The molecular formula is C21H30N4O3. The van der Waals surface area contributed by atoms with E-state index < -0.39 is 6.04 Å². The number of rotatable bonds is 7. The Morgan fingerprint density at radius 1 is 1.14 bits per heavy atom. The number of benzene rings is 1. The van der Waals surface area contributed by atoms with Crippen molar-refractivity contribution in [2.24, 2.45) is 5.92 Å². The number of nitrogens with one attached hydrogen (secondary N) is 3. The van der Waals surface area contributed by atoms with Crippen molar-refractivity contribution in [1.82, 2.24) is 20.9 Å². The van der Waals surface area contributed by atoms with Crippen LogP contribution in [0.25, 0.3) is 0 Å². The molecule has 1 aliphatic rings. The Balaban J connectivity index is 2.03. The van der Waals surface area contributed by atoms with Crippen LogP contribution in [0, 0.1) is 5.92 Å². The van der Waals surface area contributed by atoms with Crippen LogP contribution in [0.5, 0.6) is 0 Å². The molecule has 7 heteroatoms. The number of piperidine rings is 1. The van der Waals surface area contributed by atoms with Crippen LogP contribution < -0.4 is 16.0 Å². The second-order valence-corrected chi connectivity index (χ2v) is 7.28. The van der Waals surface area contributed by atoms with E-state index in [1.807, 2.05) is 19.9 Å². The first-order valence-electron chi connectivity index (χ1n) is 9.72. The minimum Gasteiger partial charge on any atom is -0.351 e. The zero-order valence-electron chi connectivity index (χ0n) is 16.6. The molecule has 3 N–H and O–H groups in total. The van der Waals surface area contributed by atoms with E-state index in [1.165, 1.54) is 0 Å². The molecule has 1 aromatic rings. The lowest BCUT2D eigenvalue weighted by molar-refractivity contribution is -0.124. The fourth-order valence-electron chi connectivity index (χ4n) is 3.27. The third kappa shape index (κ3) is 6.11. The van der Waals surface area contributed by atoms with Gasteiger partial charge in [-0.25, -0.2) is 4.79 Å². The van der Waals surface area contributed by atoms with Gasteiger partial charge in [0.05, 0.1) is 0 Å². The molecule has 1 saturated heterocycles. The van der Waals surface area contributed by atoms with E-state index in [0.717, 1.165) is 0 Å². The van der Waals surface area contributed by atoms with Crippen LogP contribution >= 0.6 is 0 Å². The Kier molecular flexibility index (Phi) is 8.04. The summed E-state index contributed by atoms with van der Waals surface area (Å²) in [5, 5.41) is 8.55. The summed E-state index contributed by atoms with van der Waals surface area (Å²) in [5.41, 5.74) is 0.512. The average Bonchev–Trinajstić information content (AvgIpc) is 2.70. The fraction of sp³-hybridized carbons (Fsp3) is 0.476.